The molecule has 0 radical (unpaired) electrons. The Morgan fingerprint density at radius 2 is 1.93 bits per heavy atom. The molecule has 0 saturated heterocycles. The molecule has 3 aromatic rings. The number of fused-ring (bicyclic) bond motifs is 1. The molecule has 140 valence electrons. The minimum absolute atomic E-state index is 0.229. The first-order valence-corrected chi connectivity index (χ1v) is 10.3. The summed E-state index contributed by atoms with van der Waals surface area (Å²) in [4.78, 5) is 4.54. The largest absolute Gasteiger partial charge is 0.382 e. The fourth-order valence-corrected chi connectivity index (χ4v) is 4.67. The first-order chi connectivity index (χ1) is 13.8. The minimum Gasteiger partial charge on any atom is -0.382 e. The molecular weight excluding hydrogens is 364 g/mol. The second-order valence-corrected chi connectivity index (χ2v) is 8.02. The van der Waals surface area contributed by atoms with E-state index in [9.17, 15) is 0 Å². The van der Waals surface area contributed by atoms with E-state index in [1.807, 2.05) is 48.3 Å². The predicted molar refractivity (Wildman–Crippen MR) is 114 cm³/mol. The lowest BCUT2D eigenvalue weighted by Crippen LogP contribution is -2.37. The van der Waals surface area contributed by atoms with E-state index in [1.165, 1.54) is 11.1 Å². The summed E-state index contributed by atoms with van der Waals surface area (Å²) in [6.45, 7) is 1.77. The number of pyridine rings is 1. The van der Waals surface area contributed by atoms with Crippen molar-refractivity contribution in [2.75, 3.05) is 18.4 Å². The van der Waals surface area contributed by atoms with Gasteiger partial charge in [0.05, 0.1) is 17.3 Å². The molecule has 2 aromatic carbocycles. The molecule has 1 aromatic heterocycles. The van der Waals surface area contributed by atoms with Gasteiger partial charge in [0, 0.05) is 24.0 Å². The number of thioether (sulfide) groups is 1. The third-order valence-corrected chi connectivity index (χ3v) is 6.21. The van der Waals surface area contributed by atoms with Crippen LogP contribution < -0.4 is 10.6 Å². The lowest BCUT2D eigenvalue weighted by Gasteiger charge is -2.32. The van der Waals surface area contributed by atoms with E-state index in [-0.39, 0.29) is 6.04 Å². The predicted octanol–water partition coefficient (Wildman–Crippen LogP) is 4.41. The Kier molecular flexibility index (Phi) is 5.91. The SMILES string of the molecule is N#Cc1ccc(CCN[C@H](c2ccccc2)[C@H]2CNc3cccnc3S2)cc1. The van der Waals surface area contributed by atoms with Crippen LogP contribution in [0.25, 0.3) is 0 Å². The van der Waals surface area contributed by atoms with Crippen molar-refractivity contribution >= 4 is 17.4 Å². The Morgan fingerprint density at radius 3 is 2.71 bits per heavy atom. The van der Waals surface area contributed by atoms with E-state index in [1.54, 1.807) is 0 Å². The van der Waals surface area contributed by atoms with Crippen molar-refractivity contribution in [3.8, 4) is 6.07 Å². The molecular formula is C23H22N4S. The molecule has 0 fully saturated rings. The van der Waals surface area contributed by atoms with Crippen LogP contribution >= 0.6 is 11.8 Å². The van der Waals surface area contributed by atoms with Gasteiger partial charge in [-0.25, -0.2) is 4.98 Å². The molecule has 0 bridgehead atoms. The number of nitrogens with zero attached hydrogens (tertiary/aromatic N) is 2. The van der Waals surface area contributed by atoms with E-state index >= 15 is 0 Å². The second-order valence-electron chi connectivity index (χ2n) is 6.79. The van der Waals surface area contributed by atoms with Crippen molar-refractivity contribution in [2.45, 2.75) is 22.7 Å². The quantitative estimate of drug-likeness (QED) is 0.657. The van der Waals surface area contributed by atoms with E-state index in [0.29, 0.717) is 10.8 Å². The topological polar surface area (TPSA) is 60.7 Å². The Labute approximate surface area is 170 Å². The number of rotatable bonds is 6. The van der Waals surface area contributed by atoms with Gasteiger partial charge < -0.3 is 10.6 Å². The van der Waals surface area contributed by atoms with Gasteiger partial charge >= 0.3 is 0 Å². The number of nitriles is 1. The average molecular weight is 387 g/mol. The van der Waals surface area contributed by atoms with Gasteiger partial charge in [-0.3, -0.25) is 0 Å². The molecule has 4 nitrogen and oxygen atoms in total. The third kappa shape index (κ3) is 4.36. The van der Waals surface area contributed by atoms with Gasteiger partial charge in [-0.15, -0.1) is 0 Å². The maximum absolute atomic E-state index is 8.94. The monoisotopic (exact) mass is 386 g/mol. The van der Waals surface area contributed by atoms with Crippen molar-refractivity contribution in [1.29, 1.82) is 5.26 Å². The van der Waals surface area contributed by atoms with Crippen LogP contribution in [0.1, 0.15) is 22.7 Å². The van der Waals surface area contributed by atoms with Crippen LogP contribution in [0.15, 0.2) is 78.0 Å². The first kappa shape index (κ1) is 18.5. The smallest absolute Gasteiger partial charge is 0.120 e. The number of hydrogen-bond donors (Lipinski definition) is 2. The lowest BCUT2D eigenvalue weighted by molar-refractivity contribution is 0.522. The van der Waals surface area contributed by atoms with Gasteiger partial charge in [-0.2, -0.15) is 5.26 Å². The molecule has 0 unspecified atom stereocenters. The highest BCUT2D eigenvalue weighted by molar-refractivity contribution is 8.00. The molecule has 5 heteroatoms. The summed E-state index contributed by atoms with van der Waals surface area (Å²) < 4.78 is 0. The maximum atomic E-state index is 8.94. The standard InChI is InChI=1S/C23H22N4S/c24-15-18-10-8-17(9-11-18)12-14-25-22(19-5-2-1-3-6-19)21-16-27-20-7-4-13-26-23(20)28-21/h1-11,13,21-22,25,27H,12,14,16H2/t21-,22-/m1/s1. The summed E-state index contributed by atoms with van der Waals surface area (Å²) in [6, 6.07) is 24.9. The van der Waals surface area contributed by atoms with Crippen molar-refractivity contribution in [3.63, 3.8) is 0 Å². The van der Waals surface area contributed by atoms with E-state index < -0.39 is 0 Å². The van der Waals surface area contributed by atoms with Crippen LogP contribution in [0.5, 0.6) is 0 Å². The molecule has 4 rings (SSSR count). The Hall–Kier alpha value is -2.81. The molecule has 2 heterocycles. The van der Waals surface area contributed by atoms with E-state index in [0.717, 1.165) is 30.2 Å². The average Bonchev–Trinajstić information content (AvgIpc) is 2.77. The van der Waals surface area contributed by atoms with Gasteiger partial charge in [0.15, 0.2) is 0 Å². The molecule has 0 amide bonds. The molecule has 28 heavy (non-hydrogen) atoms. The number of benzene rings is 2. The first-order valence-electron chi connectivity index (χ1n) is 9.46. The molecule has 0 saturated carbocycles. The molecule has 1 aliphatic rings. The number of nitrogens with one attached hydrogen (secondary N) is 2. The normalized spacial score (nSPS) is 16.5. The van der Waals surface area contributed by atoms with E-state index in [2.05, 4.69) is 58.1 Å². The summed E-state index contributed by atoms with van der Waals surface area (Å²) in [5.41, 5.74) is 4.35. The molecule has 0 aliphatic carbocycles. The highest BCUT2D eigenvalue weighted by atomic mass is 32.2. The molecule has 2 N–H and O–H groups in total. The zero-order valence-electron chi connectivity index (χ0n) is 15.5. The van der Waals surface area contributed by atoms with E-state index in [4.69, 9.17) is 5.26 Å². The Bertz CT molecular complexity index is 950. The maximum Gasteiger partial charge on any atom is 0.120 e. The number of hydrogen-bond acceptors (Lipinski definition) is 5. The summed E-state index contributed by atoms with van der Waals surface area (Å²) in [5.74, 6) is 0. The van der Waals surface area contributed by atoms with Crippen LogP contribution in [0, 0.1) is 11.3 Å². The van der Waals surface area contributed by atoms with Gasteiger partial charge in [0.2, 0.25) is 0 Å². The van der Waals surface area contributed by atoms with Gasteiger partial charge in [-0.1, -0.05) is 54.2 Å². The minimum atomic E-state index is 0.229. The number of anilines is 1. The fraction of sp³-hybridized carbons (Fsp3) is 0.217. The zero-order chi connectivity index (χ0) is 19.2. The molecule has 2 atom stereocenters. The van der Waals surface area contributed by atoms with Crippen LogP contribution in [0.2, 0.25) is 0 Å². The lowest BCUT2D eigenvalue weighted by atomic mass is 10.0. The van der Waals surface area contributed by atoms with Gasteiger partial charge in [-0.05, 0) is 48.4 Å². The Balaban J connectivity index is 1.46. The second kappa shape index (κ2) is 8.92. The van der Waals surface area contributed by atoms with Crippen molar-refractivity contribution in [1.82, 2.24) is 10.3 Å². The summed E-state index contributed by atoms with van der Waals surface area (Å²) in [7, 11) is 0. The van der Waals surface area contributed by atoms with Gasteiger partial charge in [0.25, 0.3) is 0 Å². The fourth-order valence-electron chi connectivity index (χ4n) is 3.44. The van der Waals surface area contributed by atoms with Gasteiger partial charge in [0.1, 0.15) is 5.03 Å². The zero-order valence-corrected chi connectivity index (χ0v) is 16.3. The molecule has 0 spiro atoms. The van der Waals surface area contributed by atoms with Crippen LogP contribution in [-0.4, -0.2) is 23.3 Å². The Morgan fingerprint density at radius 1 is 1.11 bits per heavy atom. The van der Waals surface area contributed by atoms with Crippen LogP contribution in [0.4, 0.5) is 5.69 Å². The summed E-state index contributed by atoms with van der Waals surface area (Å²) in [5, 5.41) is 17.6. The molecule has 1 aliphatic heterocycles. The van der Waals surface area contributed by atoms with Crippen LogP contribution in [-0.2, 0) is 6.42 Å². The third-order valence-electron chi connectivity index (χ3n) is 4.92. The van der Waals surface area contributed by atoms with Crippen LogP contribution in [0.3, 0.4) is 0 Å². The van der Waals surface area contributed by atoms with Crippen molar-refractivity contribution in [2.24, 2.45) is 0 Å². The summed E-state index contributed by atoms with van der Waals surface area (Å²) >= 11 is 1.84. The number of aromatic nitrogens is 1. The highest BCUT2D eigenvalue weighted by Gasteiger charge is 2.28. The highest BCUT2D eigenvalue weighted by Crippen LogP contribution is 2.38. The van der Waals surface area contributed by atoms with Crippen molar-refractivity contribution in [3.05, 3.63) is 89.6 Å². The van der Waals surface area contributed by atoms with Crippen molar-refractivity contribution < 1.29 is 0 Å². The summed E-state index contributed by atoms with van der Waals surface area (Å²) in [6.07, 6.45) is 2.78.